The number of hydrogen-bond donors (Lipinski definition) is 0. The Bertz CT molecular complexity index is 622. The predicted molar refractivity (Wildman–Crippen MR) is 79.9 cm³/mol. The van der Waals surface area contributed by atoms with Crippen molar-refractivity contribution in [1.82, 2.24) is 4.31 Å². The largest absolute Gasteiger partial charge is 0.243 e. The molecule has 1 rings (SSSR count). The van der Waals surface area contributed by atoms with Crippen molar-refractivity contribution in [1.29, 1.82) is 5.26 Å². The van der Waals surface area contributed by atoms with E-state index in [1.807, 2.05) is 39.0 Å². The first-order valence-electron chi connectivity index (χ1n) is 6.55. The second-order valence-electron chi connectivity index (χ2n) is 5.96. The average Bonchev–Trinajstić information content (AvgIpc) is 2.34. The highest BCUT2D eigenvalue weighted by molar-refractivity contribution is 7.89. The van der Waals surface area contributed by atoms with Crippen LogP contribution in [0.15, 0.2) is 23.1 Å². The third kappa shape index (κ3) is 3.59. The molecule has 1 aromatic carbocycles. The number of benzene rings is 1. The van der Waals surface area contributed by atoms with Crippen molar-refractivity contribution in [3.05, 3.63) is 29.3 Å². The van der Waals surface area contributed by atoms with Gasteiger partial charge in [0.05, 0.1) is 11.0 Å². The first-order chi connectivity index (χ1) is 9.10. The molecule has 0 aromatic heterocycles. The van der Waals surface area contributed by atoms with Crippen molar-refractivity contribution >= 4 is 10.0 Å². The van der Waals surface area contributed by atoms with Crippen LogP contribution < -0.4 is 0 Å². The highest BCUT2D eigenvalue weighted by Crippen LogP contribution is 2.27. The summed E-state index contributed by atoms with van der Waals surface area (Å²) < 4.78 is 26.4. The smallest absolute Gasteiger partial charge is 0.207 e. The van der Waals surface area contributed by atoms with Crippen LogP contribution >= 0.6 is 0 Å². The van der Waals surface area contributed by atoms with Crippen molar-refractivity contribution in [2.24, 2.45) is 0 Å². The second-order valence-corrected chi connectivity index (χ2v) is 7.98. The van der Waals surface area contributed by atoms with Gasteiger partial charge in [0.15, 0.2) is 0 Å². The van der Waals surface area contributed by atoms with Crippen LogP contribution in [0, 0.1) is 18.3 Å². The van der Waals surface area contributed by atoms with E-state index in [-0.39, 0.29) is 18.4 Å². The van der Waals surface area contributed by atoms with E-state index in [1.54, 1.807) is 13.0 Å². The Balaban J connectivity index is 3.28. The Kier molecular flexibility index (Phi) is 4.95. The van der Waals surface area contributed by atoms with E-state index in [9.17, 15) is 8.42 Å². The quantitative estimate of drug-likeness (QED) is 0.858. The van der Waals surface area contributed by atoms with Crippen LogP contribution in [0.4, 0.5) is 0 Å². The van der Waals surface area contributed by atoms with E-state index in [0.717, 1.165) is 11.1 Å². The van der Waals surface area contributed by atoms with Gasteiger partial charge in [0.25, 0.3) is 0 Å². The van der Waals surface area contributed by atoms with E-state index < -0.39 is 10.0 Å². The zero-order valence-electron chi connectivity index (χ0n) is 12.8. The topological polar surface area (TPSA) is 61.2 Å². The molecule has 5 heteroatoms. The van der Waals surface area contributed by atoms with Crippen LogP contribution in [-0.2, 0) is 15.4 Å². The van der Waals surface area contributed by atoms with E-state index >= 15 is 0 Å². The summed E-state index contributed by atoms with van der Waals surface area (Å²) >= 11 is 0. The Morgan fingerprint density at radius 2 is 1.90 bits per heavy atom. The van der Waals surface area contributed by atoms with Crippen molar-refractivity contribution in [3.8, 4) is 6.07 Å². The molecule has 0 aliphatic heterocycles. The normalized spacial score (nSPS) is 12.4. The molecule has 0 unspecified atom stereocenters. The zero-order valence-corrected chi connectivity index (χ0v) is 13.6. The van der Waals surface area contributed by atoms with Crippen LogP contribution in [-0.4, -0.2) is 26.3 Å². The molecule has 20 heavy (non-hydrogen) atoms. The van der Waals surface area contributed by atoms with Gasteiger partial charge >= 0.3 is 0 Å². The maximum absolute atomic E-state index is 12.6. The molecule has 0 bridgehead atoms. The van der Waals surface area contributed by atoms with Gasteiger partial charge in [-0.3, -0.25) is 0 Å². The van der Waals surface area contributed by atoms with E-state index in [2.05, 4.69) is 0 Å². The summed E-state index contributed by atoms with van der Waals surface area (Å²) in [5, 5.41) is 8.59. The minimum Gasteiger partial charge on any atom is -0.207 e. The molecule has 0 spiro atoms. The minimum atomic E-state index is -3.54. The number of sulfonamides is 1. The van der Waals surface area contributed by atoms with Gasteiger partial charge in [0.2, 0.25) is 10.0 Å². The fraction of sp³-hybridized carbons (Fsp3) is 0.533. The third-order valence-electron chi connectivity index (χ3n) is 3.28. The third-order valence-corrected chi connectivity index (χ3v) is 5.28. The first-order valence-corrected chi connectivity index (χ1v) is 7.99. The van der Waals surface area contributed by atoms with Crippen molar-refractivity contribution in [3.63, 3.8) is 0 Å². The molecule has 0 saturated carbocycles. The second kappa shape index (κ2) is 5.94. The molecule has 0 heterocycles. The van der Waals surface area contributed by atoms with E-state index in [0.29, 0.717) is 4.90 Å². The van der Waals surface area contributed by atoms with Gasteiger partial charge < -0.3 is 0 Å². The molecule has 1 aromatic rings. The Morgan fingerprint density at radius 3 is 2.40 bits per heavy atom. The van der Waals surface area contributed by atoms with Gasteiger partial charge in [-0.15, -0.1) is 0 Å². The van der Waals surface area contributed by atoms with Crippen LogP contribution in [0.1, 0.15) is 38.3 Å². The Labute approximate surface area is 122 Å². The predicted octanol–water partition coefficient (Wildman–Crippen LogP) is 2.83. The summed E-state index contributed by atoms with van der Waals surface area (Å²) in [6.07, 6.45) is 0.188. The van der Waals surface area contributed by atoms with Gasteiger partial charge in [-0.05, 0) is 29.5 Å². The van der Waals surface area contributed by atoms with Crippen LogP contribution in [0.2, 0.25) is 0 Å². The minimum absolute atomic E-state index is 0.108. The van der Waals surface area contributed by atoms with Gasteiger partial charge in [0.1, 0.15) is 0 Å². The molecule has 0 amide bonds. The summed E-state index contributed by atoms with van der Waals surface area (Å²) in [6, 6.07) is 7.51. The lowest BCUT2D eigenvalue weighted by Gasteiger charge is -2.22. The lowest BCUT2D eigenvalue weighted by molar-refractivity contribution is 0.475. The number of hydrogen-bond acceptors (Lipinski definition) is 3. The van der Waals surface area contributed by atoms with Gasteiger partial charge in [-0.1, -0.05) is 32.9 Å². The lowest BCUT2D eigenvalue weighted by Crippen LogP contribution is -2.28. The molecule has 0 fully saturated rings. The van der Waals surface area contributed by atoms with Gasteiger partial charge in [0, 0.05) is 20.0 Å². The molecule has 0 radical (unpaired) electrons. The molecule has 4 nitrogen and oxygen atoms in total. The monoisotopic (exact) mass is 294 g/mol. The zero-order chi connectivity index (χ0) is 15.6. The molecule has 0 atom stereocenters. The number of nitrogens with zero attached hydrogens (tertiary/aromatic N) is 2. The maximum atomic E-state index is 12.6. The first kappa shape index (κ1) is 16.7. The number of rotatable bonds is 4. The molecule has 110 valence electrons. The van der Waals surface area contributed by atoms with E-state index in [1.165, 1.54) is 11.4 Å². The number of nitriles is 1. The van der Waals surface area contributed by atoms with Crippen molar-refractivity contribution in [2.75, 3.05) is 13.6 Å². The number of aryl methyl sites for hydroxylation is 1. The van der Waals surface area contributed by atoms with Gasteiger partial charge in [-0.2, -0.15) is 9.57 Å². The highest BCUT2D eigenvalue weighted by Gasteiger charge is 2.24. The van der Waals surface area contributed by atoms with Crippen LogP contribution in [0.5, 0.6) is 0 Å². The summed E-state index contributed by atoms with van der Waals surface area (Å²) in [6.45, 7) is 8.14. The summed E-state index contributed by atoms with van der Waals surface area (Å²) in [5.74, 6) is 0. The maximum Gasteiger partial charge on any atom is 0.243 e. The molecular formula is C15H22N2O2S. The van der Waals surface area contributed by atoms with Gasteiger partial charge in [-0.25, -0.2) is 8.42 Å². The van der Waals surface area contributed by atoms with Crippen LogP contribution in [0.25, 0.3) is 0 Å². The highest BCUT2D eigenvalue weighted by atomic mass is 32.2. The summed E-state index contributed by atoms with van der Waals surface area (Å²) in [5.41, 5.74) is 1.60. The van der Waals surface area contributed by atoms with E-state index in [4.69, 9.17) is 5.26 Å². The fourth-order valence-electron chi connectivity index (χ4n) is 1.84. The molecule has 0 saturated heterocycles. The average molecular weight is 294 g/mol. The molecule has 0 N–H and O–H groups in total. The SMILES string of the molecule is Cc1ccc(C(C)(C)C)cc1S(=O)(=O)N(C)CCC#N. The standard InChI is InChI=1S/C15H22N2O2S/c1-12-7-8-13(15(2,3)4)11-14(12)20(18,19)17(5)10-6-9-16/h7-8,11H,6,10H2,1-5H3. The summed E-state index contributed by atoms with van der Waals surface area (Å²) in [7, 11) is -2.03. The molecule has 0 aliphatic rings. The van der Waals surface area contributed by atoms with Crippen molar-refractivity contribution < 1.29 is 8.42 Å². The Morgan fingerprint density at radius 1 is 1.30 bits per heavy atom. The lowest BCUT2D eigenvalue weighted by atomic mass is 9.87. The molecular weight excluding hydrogens is 272 g/mol. The Hall–Kier alpha value is -1.38. The molecule has 0 aliphatic carbocycles. The van der Waals surface area contributed by atoms with Crippen LogP contribution in [0.3, 0.4) is 0 Å². The fourth-order valence-corrected chi connectivity index (χ4v) is 3.26. The summed E-state index contributed by atoms with van der Waals surface area (Å²) in [4.78, 5) is 0.324. The van der Waals surface area contributed by atoms with Crippen molar-refractivity contribution in [2.45, 2.75) is 44.4 Å².